The van der Waals surface area contributed by atoms with Gasteiger partial charge in [0.25, 0.3) is 0 Å². The lowest BCUT2D eigenvalue weighted by molar-refractivity contribution is 0.405. The van der Waals surface area contributed by atoms with Crippen LogP contribution in [0.4, 0.5) is 4.39 Å². The lowest BCUT2D eigenvalue weighted by Gasteiger charge is -2.22. The number of alkyl halides is 1. The van der Waals surface area contributed by atoms with Crippen LogP contribution in [0.25, 0.3) is 11.0 Å². The van der Waals surface area contributed by atoms with Gasteiger partial charge in [0.15, 0.2) is 0 Å². The van der Waals surface area contributed by atoms with Gasteiger partial charge in [0.2, 0.25) is 0 Å². The lowest BCUT2D eigenvalue weighted by Crippen LogP contribution is -2.15. The molecule has 1 aliphatic rings. The van der Waals surface area contributed by atoms with Crippen molar-refractivity contribution in [3.63, 3.8) is 0 Å². The molecule has 3 atom stereocenters. The van der Waals surface area contributed by atoms with Crippen LogP contribution in [0.5, 0.6) is 0 Å². The number of aromatic nitrogens is 2. The fourth-order valence-corrected chi connectivity index (χ4v) is 3.73. The number of rotatable bonds is 2. The van der Waals surface area contributed by atoms with Gasteiger partial charge in [-0.2, -0.15) is 0 Å². The van der Waals surface area contributed by atoms with E-state index in [9.17, 15) is 4.39 Å². The molecule has 0 amide bonds. The number of hydrogen-bond donors (Lipinski definition) is 0. The molecule has 0 saturated heterocycles. The smallest absolute Gasteiger partial charge is 0.139 e. The molecule has 3 unspecified atom stereocenters. The average molecular weight is 360 g/mol. The molecule has 1 aliphatic carbocycles. The quantitative estimate of drug-likeness (QED) is 0.638. The third-order valence-electron chi connectivity index (χ3n) is 4.26. The van der Waals surface area contributed by atoms with Crippen LogP contribution in [0.15, 0.2) is 16.6 Å². The van der Waals surface area contributed by atoms with E-state index in [-0.39, 0.29) is 11.2 Å². The van der Waals surface area contributed by atoms with Crippen LogP contribution in [-0.2, 0) is 0 Å². The second-order valence-corrected chi connectivity index (χ2v) is 7.20. The minimum absolute atomic E-state index is 0.183. The highest BCUT2D eigenvalue weighted by atomic mass is 79.9. The molecule has 1 aromatic carbocycles. The van der Waals surface area contributed by atoms with Gasteiger partial charge in [-0.15, -0.1) is 11.6 Å². The van der Waals surface area contributed by atoms with E-state index >= 15 is 0 Å². The van der Waals surface area contributed by atoms with Crippen molar-refractivity contribution in [1.29, 1.82) is 0 Å². The molecule has 108 valence electrons. The molecule has 1 fully saturated rings. The first kappa shape index (κ1) is 14.3. The van der Waals surface area contributed by atoms with Crippen molar-refractivity contribution in [3.8, 4) is 0 Å². The lowest BCUT2D eigenvalue weighted by atomic mass is 10.1. The molecular formula is C15H17BrClFN2. The van der Waals surface area contributed by atoms with Crippen LogP contribution in [0.3, 0.4) is 0 Å². The van der Waals surface area contributed by atoms with Gasteiger partial charge in [0.1, 0.15) is 11.6 Å². The molecule has 1 saturated carbocycles. The van der Waals surface area contributed by atoms with Crippen LogP contribution in [0, 0.1) is 11.7 Å². The predicted molar refractivity (Wildman–Crippen MR) is 83.7 cm³/mol. The van der Waals surface area contributed by atoms with Gasteiger partial charge >= 0.3 is 0 Å². The van der Waals surface area contributed by atoms with Gasteiger partial charge in [-0.1, -0.05) is 13.3 Å². The molecule has 5 heteroatoms. The average Bonchev–Trinajstić information content (AvgIpc) is 2.93. The topological polar surface area (TPSA) is 17.8 Å². The maximum Gasteiger partial charge on any atom is 0.139 e. The Morgan fingerprint density at radius 2 is 2.20 bits per heavy atom. The summed E-state index contributed by atoms with van der Waals surface area (Å²) in [5.41, 5.74) is 1.66. The summed E-state index contributed by atoms with van der Waals surface area (Å²) < 4.78 is 16.5. The summed E-state index contributed by atoms with van der Waals surface area (Å²) >= 11 is 9.52. The molecular weight excluding hydrogens is 343 g/mol. The van der Waals surface area contributed by atoms with E-state index < -0.39 is 0 Å². The van der Waals surface area contributed by atoms with Crippen molar-refractivity contribution in [2.75, 3.05) is 0 Å². The fourth-order valence-electron chi connectivity index (χ4n) is 3.25. The molecule has 0 spiro atoms. The molecule has 0 aliphatic heterocycles. The molecule has 2 aromatic rings. The molecule has 1 heterocycles. The highest BCUT2D eigenvalue weighted by molar-refractivity contribution is 9.10. The largest absolute Gasteiger partial charge is 0.323 e. The summed E-state index contributed by atoms with van der Waals surface area (Å²) in [7, 11) is 0. The van der Waals surface area contributed by atoms with Gasteiger partial charge in [-0.05, 0) is 47.7 Å². The summed E-state index contributed by atoms with van der Waals surface area (Å²) in [5, 5.41) is -0.183. The third-order valence-corrected chi connectivity index (χ3v) is 5.07. The van der Waals surface area contributed by atoms with Crippen LogP contribution in [0.1, 0.15) is 50.4 Å². The fraction of sp³-hybridized carbons (Fsp3) is 0.533. The Balaban J connectivity index is 2.26. The molecule has 0 radical (unpaired) electrons. The summed E-state index contributed by atoms with van der Waals surface area (Å²) in [6, 6.07) is 3.68. The predicted octanol–water partition coefficient (Wildman–Crippen LogP) is 5.60. The van der Waals surface area contributed by atoms with E-state index in [0.717, 1.165) is 23.3 Å². The first-order valence-electron chi connectivity index (χ1n) is 7.00. The number of imidazole rings is 1. The molecule has 2 nitrogen and oxygen atoms in total. The number of halogens is 3. The van der Waals surface area contributed by atoms with Gasteiger partial charge in [0, 0.05) is 12.1 Å². The van der Waals surface area contributed by atoms with Crippen molar-refractivity contribution in [1.82, 2.24) is 9.55 Å². The maximum atomic E-state index is 13.9. The Bertz CT molecular complexity index is 653. The Hall–Kier alpha value is -0.610. The summed E-state index contributed by atoms with van der Waals surface area (Å²) in [6.45, 7) is 4.17. The minimum atomic E-state index is -0.252. The van der Waals surface area contributed by atoms with Gasteiger partial charge < -0.3 is 4.57 Å². The molecule has 1 aromatic heterocycles. The summed E-state index contributed by atoms with van der Waals surface area (Å²) in [4.78, 5) is 4.63. The zero-order chi connectivity index (χ0) is 14.4. The van der Waals surface area contributed by atoms with E-state index in [2.05, 4.69) is 32.4 Å². The van der Waals surface area contributed by atoms with E-state index in [0.29, 0.717) is 16.4 Å². The Kier molecular flexibility index (Phi) is 3.80. The highest BCUT2D eigenvalue weighted by Crippen LogP contribution is 2.40. The second kappa shape index (κ2) is 5.30. The van der Waals surface area contributed by atoms with E-state index in [1.165, 1.54) is 12.8 Å². The van der Waals surface area contributed by atoms with E-state index in [1.54, 1.807) is 12.1 Å². The maximum absolute atomic E-state index is 13.9. The zero-order valence-electron chi connectivity index (χ0n) is 11.5. The SMILES string of the molecule is CC(Cl)c1nc2cc(Br)c(F)cc2n1C1CCCC1C. The molecule has 0 N–H and O–H groups in total. The summed E-state index contributed by atoms with van der Waals surface area (Å²) in [6.07, 6.45) is 3.53. The van der Waals surface area contributed by atoms with E-state index in [4.69, 9.17) is 11.6 Å². The first-order valence-corrected chi connectivity index (χ1v) is 8.23. The number of benzene rings is 1. The van der Waals surface area contributed by atoms with Crippen molar-refractivity contribution in [2.24, 2.45) is 5.92 Å². The monoisotopic (exact) mass is 358 g/mol. The Morgan fingerprint density at radius 3 is 2.80 bits per heavy atom. The highest BCUT2D eigenvalue weighted by Gasteiger charge is 2.30. The van der Waals surface area contributed by atoms with Crippen LogP contribution < -0.4 is 0 Å². The van der Waals surface area contributed by atoms with Crippen LogP contribution >= 0.6 is 27.5 Å². The summed E-state index contributed by atoms with van der Waals surface area (Å²) in [5.74, 6) is 1.17. The number of nitrogens with zero attached hydrogens (tertiary/aromatic N) is 2. The van der Waals surface area contributed by atoms with Crippen molar-refractivity contribution < 1.29 is 4.39 Å². The number of fused-ring (bicyclic) bond motifs is 1. The standard InChI is InChI=1S/C15H17BrClFN2/c1-8-4-3-5-13(8)20-14-7-11(18)10(16)6-12(14)19-15(20)9(2)17/h6-9,13H,3-5H2,1-2H3. The zero-order valence-corrected chi connectivity index (χ0v) is 13.9. The molecule has 3 rings (SSSR count). The Labute approximate surface area is 131 Å². The Morgan fingerprint density at radius 1 is 1.45 bits per heavy atom. The normalized spacial score (nSPS) is 24.4. The van der Waals surface area contributed by atoms with E-state index in [1.807, 2.05) is 6.92 Å². The van der Waals surface area contributed by atoms with Crippen LogP contribution in [0.2, 0.25) is 0 Å². The van der Waals surface area contributed by atoms with Crippen molar-refractivity contribution >= 4 is 38.6 Å². The second-order valence-electron chi connectivity index (χ2n) is 5.69. The number of hydrogen-bond acceptors (Lipinski definition) is 1. The van der Waals surface area contributed by atoms with Gasteiger partial charge in [0.05, 0.1) is 20.9 Å². The minimum Gasteiger partial charge on any atom is -0.323 e. The van der Waals surface area contributed by atoms with Gasteiger partial charge in [-0.3, -0.25) is 0 Å². The molecule has 20 heavy (non-hydrogen) atoms. The first-order chi connectivity index (χ1) is 9.49. The van der Waals surface area contributed by atoms with Crippen LogP contribution in [-0.4, -0.2) is 9.55 Å². The molecule has 0 bridgehead atoms. The third kappa shape index (κ3) is 2.27. The van der Waals surface area contributed by atoms with Crippen molar-refractivity contribution in [3.05, 3.63) is 28.2 Å². The van der Waals surface area contributed by atoms with Gasteiger partial charge in [-0.25, -0.2) is 9.37 Å². The van der Waals surface area contributed by atoms with Crippen molar-refractivity contribution in [2.45, 2.75) is 44.5 Å².